The molecule has 0 amide bonds. The van der Waals surface area contributed by atoms with Crippen molar-refractivity contribution in [1.29, 1.82) is 0 Å². The van der Waals surface area contributed by atoms with Crippen LogP contribution in [0.2, 0.25) is 0 Å². The second kappa shape index (κ2) is 5.41. The molecule has 1 aliphatic rings. The Balaban J connectivity index is 2.22. The number of aromatic amines is 1. The number of rotatable bonds is 2. The number of nitrogens with one attached hydrogen (secondary N) is 1. The predicted molar refractivity (Wildman–Crippen MR) is 79.9 cm³/mol. The molecule has 0 radical (unpaired) electrons. The van der Waals surface area contributed by atoms with Crippen molar-refractivity contribution in [1.82, 2.24) is 9.97 Å². The van der Waals surface area contributed by atoms with Gasteiger partial charge < -0.3 is 9.72 Å². The van der Waals surface area contributed by atoms with Crippen LogP contribution in [0.3, 0.4) is 0 Å². The number of benzene rings is 1. The maximum Gasteiger partial charge on any atom is 0.258 e. The first kappa shape index (κ1) is 13.9. The third-order valence-corrected chi connectivity index (χ3v) is 3.96. The van der Waals surface area contributed by atoms with E-state index < -0.39 is 0 Å². The lowest BCUT2D eigenvalue weighted by Gasteiger charge is -2.21. The summed E-state index contributed by atoms with van der Waals surface area (Å²) < 4.78 is 5.34. The van der Waals surface area contributed by atoms with Gasteiger partial charge in [0.1, 0.15) is 5.82 Å². The summed E-state index contributed by atoms with van der Waals surface area (Å²) in [7, 11) is 0. The van der Waals surface area contributed by atoms with Crippen molar-refractivity contribution >= 4 is 16.7 Å². The average Bonchev–Trinajstić information content (AvgIpc) is 2.48. The molecule has 1 fully saturated rings. The quantitative estimate of drug-likeness (QED) is 0.860. The van der Waals surface area contributed by atoms with Gasteiger partial charge >= 0.3 is 0 Å². The molecule has 0 aliphatic carbocycles. The minimum absolute atomic E-state index is 0.0697. The Labute approximate surface area is 122 Å². The zero-order chi connectivity index (χ0) is 15.0. The normalized spacial score (nSPS) is 16.3. The van der Waals surface area contributed by atoms with Crippen LogP contribution in [-0.2, 0) is 4.74 Å². The van der Waals surface area contributed by atoms with Crippen LogP contribution in [0.25, 0.3) is 10.9 Å². The van der Waals surface area contributed by atoms with E-state index in [9.17, 15) is 9.59 Å². The highest BCUT2D eigenvalue weighted by atomic mass is 16.5. The summed E-state index contributed by atoms with van der Waals surface area (Å²) in [5.41, 5.74) is 1.74. The van der Waals surface area contributed by atoms with E-state index in [1.165, 1.54) is 6.92 Å². The molecule has 1 aromatic heterocycles. The Morgan fingerprint density at radius 3 is 2.71 bits per heavy atom. The summed E-state index contributed by atoms with van der Waals surface area (Å²) in [6.45, 7) is 4.74. The summed E-state index contributed by atoms with van der Waals surface area (Å²) in [5.74, 6) is 0.791. The second-order valence-corrected chi connectivity index (χ2v) is 5.60. The highest BCUT2D eigenvalue weighted by Crippen LogP contribution is 2.25. The van der Waals surface area contributed by atoms with E-state index in [1.54, 1.807) is 12.1 Å². The number of hydrogen-bond acceptors (Lipinski definition) is 4. The molecule has 0 bridgehead atoms. The number of aromatic nitrogens is 2. The number of hydrogen-bond donors (Lipinski definition) is 1. The molecular formula is C16H18N2O3. The molecule has 0 saturated carbocycles. The summed E-state index contributed by atoms with van der Waals surface area (Å²) in [6, 6.07) is 3.58. The summed E-state index contributed by atoms with van der Waals surface area (Å²) in [4.78, 5) is 31.6. The maximum atomic E-state index is 12.3. The Bertz CT molecular complexity index is 758. The number of ketones is 1. The van der Waals surface area contributed by atoms with Crippen molar-refractivity contribution in [2.45, 2.75) is 32.6 Å². The summed E-state index contributed by atoms with van der Waals surface area (Å²) in [6.07, 6.45) is 1.69. The smallest absolute Gasteiger partial charge is 0.258 e. The van der Waals surface area contributed by atoms with Gasteiger partial charge in [0.15, 0.2) is 5.78 Å². The monoisotopic (exact) mass is 286 g/mol. The third-order valence-electron chi connectivity index (χ3n) is 3.96. The topological polar surface area (TPSA) is 72.0 Å². The zero-order valence-electron chi connectivity index (χ0n) is 12.2. The van der Waals surface area contributed by atoms with Crippen LogP contribution in [0, 0.1) is 6.92 Å². The highest BCUT2D eigenvalue weighted by molar-refractivity contribution is 6.05. The molecule has 0 unspecified atom stereocenters. The molecule has 110 valence electrons. The van der Waals surface area contributed by atoms with E-state index in [0.717, 1.165) is 18.4 Å². The van der Waals surface area contributed by atoms with Crippen molar-refractivity contribution < 1.29 is 9.53 Å². The largest absolute Gasteiger partial charge is 0.381 e. The van der Waals surface area contributed by atoms with Gasteiger partial charge in [0, 0.05) is 24.7 Å². The van der Waals surface area contributed by atoms with E-state index in [2.05, 4.69) is 9.97 Å². The Hall–Kier alpha value is -2.01. The molecule has 1 aliphatic heterocycles. The number of fused-ring (bicyclic) bond motifs is 1. The number of carbonyl (C=O) groups excluding carboxylic acids is 1. The number of H-pyrrole nitrogens is 1. The first-order valence-corrected chi connectivity index (χ1v) is 7.19. The molecule has 1 saturated heterocycles. The van der Waals surface area contributed by atoms with Crippen LogP contribution in [0.1, 0.15) is 47.4 Å². The number of nitrogens with zero attached hydrogens (tertiary/aromatic N) is 1. The number of carbonyl (C=O) groups is 1. The standard InChI is InChI=1S/C16H18N2O3/c1-9-7-12(10(2)19)14-13(8-9)16(20)18-15(17-14)11-3-5-21-6-4-11/h7-8,11H,3-6H2,1-2H3,(H,17,18,20). The van der Waals surface area contributed by atoms with Crippen LogP contribution in [0.4, 0.5) is 0 Å². The van der Waals surface area contributed by atoms with Crippen LogP contribution >= 0.6 is 0 Å². The molecule has 0 atom stereocenters. The lowest BCUT2D eigenvalue weighted by atomic mass is 9.98. The van der Waals surface area contributed by atoms with Gasteiger partial charge in [-0.25, -0.2) is 4.98 Å². The van der Waals surface area contributed by atoms with Crippen LogP contribution < -0.4 is 5.56 Å². The van der Waals surface area contributed by atoms with Crippen LogP contribution in [0.15, 0.2) is 16.9 Å². The van der Waals surface area contributed by atoms with Gasteiger partial charge in [-0.05, 0) is 44.4 Å². The van der Waals surface area contributed by atoms with Gasteiger partial charge in [0.05, 0.1) is 10.9 Å². The Morgan fingerprint density at radius 1 is 1.33 bits per heavy atom. The molecule has 1 aromatic carbocycles. The van der Waals surface area contributed by atoms with Gasteiger partial charge in [-0.1, -0.05) is 0 Å². The van der Waals surface area contributed by atoms with Gasteiger partial charge in [0.25, 0.3) is 5.56 Å². The minimum Gasteiger partial charge on any atom is -0.381 e. The van der Waals surface area contributed by atoms with Crippen molar-refractivity contribution in [2.75, 3.05) is 13.2 Å². The SMILES string of the molecule is CC(=O)c1cc(C)cc2c(=O)[nH]c(C3CCOCC3)nc12. The third kappa shape index (κ3) is 2.61. The van der Waals surface area contributed by atoms with Gasteiger partial charge in [-0.15, -0.1) is 0 Å². The van der Waals surface area contributed by atoms with Crippen molar-refractivity contribution in [3.05, 3.63) is 39.4 Å². The van der Waals surface area contributed by atoms with Gasteiger partial charge in [0.2, 0.25) is 0 Å². The van der Waals surface area contributed by atoms with E-state index in [1.807, 2.05) is 6.92 Å². The highest BCUT2D eigenvalue weighted by Gasteiger charge is 2.20. The molecule has 0 spiro atoms. The summed E-state index contributed by atoms with van der Waals surface area (Å²) >= 11 is 0. The summed E-state index contributed by atoms with van der Waals surface area (Å²) in [5, 5.41) is 0.482. The number of aryl methyl sites for hydroxylation is 1. The van der Waals surface area contributed by atoms with Crippen LogP contribution in [0.5, 0.6) is 0 Å². The average molecular weight is 286 g/mol. The van der Waals surface area contributed by atoms with Crippen molar-refractivity contribution in [2.24, 2.45) is 0 Å². The van der Waals surface area contributed by atoms with E-state index in [-0.39, 0.29) is 17.3 Å². The number of Topliss-reactive ketones (excluding diaryl/α,β-unsaturated/α-hetero) is 1. The second-order valence-electron chi connectivity index (χ2n) is 5.60. The molecular weight excluding hydrogens is 268 g/mol. The molecule has 3 rings (SSSR count). The van der Waals surface area contributed by atoms with E-state index in [0.29, 0.717) is 35.5 Å². The lowest BCUT2D eigenvalue weighted by Crippen LogP contribution is -2.21. The van der Waals surface area contributed by atoms with Crippen LogP contribution in [-0.4, -0.2) is 29.0 Å². The number of ether oxygens (including phenoxy) is 1. The molecule has 1 N–H and O–H groups in total. The molecule has 2 heterocycles. The molecule has 2 aromatic rings. The van der Waals surface area contributed by atoms with Gasteiger partial charge in [-0.2, -0.15) is 0 Å². The minimum atomic E-state index is -0.173. The zero-order valence-corrected chi connectivity index (χ0v) is 12.2. The molecule has 21 heavy (non-hydrogen) atoms. The maximum absolute atomic E-state index is 12.3. The molecule has 5 heteroatoms. The predicted octanol–water partition coefficient (Wildman–Crippen LogP) is 2.33. The van der Waals surface area contributed by atoms with Crippen molar-refractivity contribution in [3.63, 3.8) is 0 Å². The first-order chi connectivity index (χ1) is 10.1. The fraction of sp³-hybridized carbons (Fsp3) is 0.438. The van der Waals surface area contributed by atoms with E-state index >= 15 is 0 Å². The fourth-order valence-corrected chi connectivity index (χ4v) is 2.84. The lowest BCUT2D eigenvalue weighted by molar-refractivity contribution is 0.0836. The fourth-order valence-electron chi connectivity index (χ4n) is 2.84. The Kier molecular flexibility index (Phi) is 3.59. The van der Waals surface area contributed by atoms with Gasteiger partial charge in [-0.3, -0.25) is 9.59 Å². The Morgan fingerprint density at radius 2 is 2.05 bits per heavy atom. The molecule has 5 nitrogen and oxygen atoms in total. The van der Waals surface area contributed by atoms with E-state index in [4.69, 9.17) is 4.74 Å². The first-order valence-electron chi connectivity index (χ1n) is 7.19. The van der Waals surface area contributed by atoms with Crippen molar-refractivity contribution in [3.8, 4) is 0 Å².